The molecular formula is C31H34Cl2FNO2. The van der Waals surface area contributed by atoms with E-state index in [1.807, 2.05) is 39.0 Å². The van der Waals surface area contributed by atoms with Crippen molar-refractivity contribution in [2.24, 2.45) is 0 Å². The Morgan fingerprint density at radius 3 is 2.32 bits per heavy atom. The summed E-state index contributed by atoms with van der Waals surface area (Å²) in [4.78, 5) is 11.6. The first-order valence-corrected chi connectivity index (χ1v) is 13.2. The van der Waals surface area contributed by atoms with E-state index in [0.717, 1.165) is 39.9 Å². The van der Waals surface area contributed by atoms with E-state index >= 15 is 0 Å². The lowest BCUT2D eigenvalue weighted by Crippen LogP contribution is -2.27. The second-order valence-electron chi connectivity index (χ2n) is 9.82. The number of hydrogen-bond donors (Lipinski definition) is 2. The van der Waals surface area contributed by atoms with Gasteiger partial charge in [0.05, 0.1) is 6.04 Å². The van der Waals surface area contributed by atoms with E-state index in [9.17, 15) is 14.3 Å². The Labute approximate surface area is 229 Å². The predicted octanol–water partition coefficient (Wildman–Crippen LogP) is 8.32. The molecule has 0 heterocycles. The zero-order valence-corrected chi connectivity index (χ0v) is 23.4. The summed E-state index contributed by atoms with van der Waals surface area (Å²) in [6.45, 7) is 9.55. The molecule has 0 aliphatic rings. The highest BCUT2D eigenvalue weighted by Gasteiger charge is 2.28. The molecule has 0 radical (unpaired) electrons. The van der Waals surface area contributed by atoms with Crippen LogP contribution in [-0.2, 0) is 10.4 Å². The molecule has 0 saturated heterocycles. The fourth-order valence-corrected chi connectivity index (χ4v) is 5.15. The van der Waals surface area contributed by atoms with Gasteiger partial charge in [-0.05, 0) is 109 Å². The van der Waals surface area contributed by atoms with Crippen molar-refractivity contribution in [3.05, 3.63) is 116 Å². The smallest absolute Gasteiger partial charge is 0.155 e. The highest BCUT2D eigenvalue weighted by molar-refractivity contribution is 6.31. The summed E-state index contributed by atoms with van der Waals surface area (Å²) in [5.41, 5.74) is 4.48. The van der Waals surface area contributed by atoms with Gasteiger partial charge in [0, 0.05) is 15.7 Å². The minimum absolute atomic E-state index is 0.0778. The van der Waals surface area contributed by atoms with Crippen molar-refractivity contribution < 1.29 is 14.3 Å². The molecule has 3 rings (SSSR count). The summed E-state index contributed by atoms with van der Waals surface area (Å²) in [5.74, 6) is -0.376. The van der Waals surface area contributed by atoms with E-state index in [0.29, 0.717) is 28.3 Å². The van der Waals surface area contributed by atoms with Crippen LogP contribution in [0.15, 0.2) is 66.4 Å². The monoisotopic (exact) mass is 541 g/mol. The summed E-state index contributed by atoms with van der Waals surface area (Å²) in [7, 11) is 0. The first-order valence-electron chi connectivity index (χ1n) is 12.4. The molecule has 0 aromatic heterocycles. The van der Waals surface area contributed by atoms with Gasteiger partial charge in [0.15, 0.2) is 6.29 Å². The number of aliphatic hydroxyl groups is 1. The molecule has 0 spiro atoms. The summed E-state index contributed by atoms with van der Waals surface area (Å²) in [6.07, 6.45) is 4.04. The molecule has 196 valence electrons. The van der Waals surface area contributed by atoms with Crippen molar-refractivity contribution in [3.8, 4) is 0 Å². The highest BCUT2D eigenvalue weighted by Crippen LogP contribution is 2.36. The van der Waals surface area contributed by atoms with Gasteiger partial charge in [0.1, 0.15) is 11.4 Å². The van der Waals surface area contributed by atoms with Gasteiger partial charge in [-0.25, -0.2) is 4.39 Å². The summed E-state index contributed by atoms with van der Waals surface area (Å²) in [6, 6.07) is 15.4. The summed E-state index contributed by atoms with van der Waals surface area (Å²) < 4.78 is 14.4. The third kappa shape index (κ3) is 7.01. The van der Waals surface area contributed by atoms with Crippen LogP contribution in [-0.4, -0.2) is 11.4 Å². The minimum atomic E-state index is -1.63. The van der Waals surface area contributed by atoms with Crippen LogP contribution in [0.5, 0.6) is 0 Å². The van der Waals surface area contributed by atoms with Crippen molar-refractivity contribution in [3.63, 3.8) is 0 Å². The van der Waals surface area contributed by atoms with Gasteiger partial charge in [0.25, 0.3) is 0 Å². The van der Waals surface area contributed by atoms with Crippen LogP contribution in [0.25, 0.3) is 0 Å². The molecule has 3 unspecified atom stereocenters. The molecule has 2 N–H and O–H groups in total. The third-order valence-electron chi connectivity index (χ3n) is 6.72. The average Bonchev–Trinajstić information content (AvgIpc) is 2.84. The molecule has 3 atom stereocenters. The van der Waals surface area contributed by atoms with E-state index < -0.39 is 5.60 Å². The summed E-state index contributed by atoms with van der Waals surface area (Å²) in [5, 5.41) is 15.6. The van der Waals surface area contributed by atoms with Gasteiger partial charge < -0.3 is 10.4 Å². The number of halogens is 3. The summed E-state index contributed by atoms with van der Waals surface area (Å²) >= 11 is 12.6. The minimum Gasteiger partial charge on any atom is -0.378 e. The first-order chi connectivity index (χ1) is 17.5. The lowest BCUT2D eigenvalue weighted by Gasteiger charge is -2.29. The third-order valence-corrected chi connectivity index (χ3v) is 7.19. The molecule has 0 fully saturated rings. The predicted molar refractivity (Wildman–Crippen MR) is 151 cm³/mol. The molecular weight excluding hydrogens is 508 g/mol. The van der Waals surface area contributed by atoms with Gasteiger partial charge >= 0.3 is 0 Å². The largest absolute Gasteiger partial charge is 0.378 e. The van der Waals surface area contributed by atoms with Gasteiger partial charge in [-0.2, -0.15) is 0 Å². The zero-order chi connectivity index (χ0) is 27.3. The number of carbonyl (C=O) groups excluding carboxylic acids is 1. The van der Waals surface area contributed by atoms with Crippen molar-refractivity contribution in [1.82, 2.24) is 5.32 Å². The quantitative estimate of drug-likeness (QED) is 0.253. The second-order valence-corrected chi connectivity index (χ2v) is 10.7. The van der Waals surface area contributed by atoms with Crippen LogP contribution in [0, 0.1) is 19.7 Å². The Morgan fingerprint density at radius 1 is 1.00 bits per heavy atom. The SMILES string of the molecule is CC/C=C(\CC(C)c1cc(Cl)ccc1C(C)(O)C=O)NC(c1ccc(Cl)cc1C)c1cc(F)ccc1C. The van der Waals surface area contributed by atoms with Crippen LogP contribution < -0.4 is 5.32 Å². The normalized spacial score (nSPS) is 15.1. The maximum atomic E-state index is 14.4. The Bertz CT molecular complexity index is 1300. The van der Waals surface area contributed by atoms with Gasteiger partial charge in [-0.3, -0.25) is 4.79 Å². The van der Waals surface area contributed by atoms with Crippen molar-refractivity contribution in [2.75, 3.05) is 0 Å². The molecule has 0 bridgehead atoms. The molecule has 0 amide bonds. The molecule has 3 aromatic carbocycles. The molecule has 0 aliphatic carbocycles. The van der Waals surface area contributed by atoms with Crippen LogP contribution in [0.2, 0.25) is 10.0 Å². The van der Waals surface area contributed by atoms with Gasteiger partial charge in [-0.1, -0.05) is 61.3 Å². The number of carbonyl (C=O) groups is 1. The van der Waals surface area contributed by atoms with Crippen molar-refractivity contribution in [2.45, 2.75) is 65.0 Å². The second kappa shape index (κ2) is 12.3. The fourth-order valence-electron chi connectivity index (χ4n) is 4.75. The number of hydrogen-bond acceptors (Lipinski definition) is 3. The van der Waals surface area contributed by atoms with E-state index in [1.165, 1.54) is 13.0 Å². The number of aldehydes is 1. The Kier molecular flexibility index (Phi) is 9.57. The van der Waals surface area contributed by atoms with E-state index in [1.54, 1.807) is 30.3 Å². The van der Waals surface area contributed by atoms with Crippen LogP contribution in [0.3, 0.4) is 0 Å². The number of allylic oxidation sites excluding steroid dienone is 2. The topological polar surface area (TPSA) is 49.3 Å². The molecule has 3 aromatic rings. The molecule has 37 heavy (non-hydrogen) atoms. The lowest BCUT2D eigenvalue weighted by molar-refractivity contribution is -0.123. The zero-order valence-electron chi connectivity index (χ0n) is 21.9. The lowest BCUT2D eigenvalue weighted by atomic mass is 9.84. The number of nitrogens with one attached hydrogen (secondary N) is 1. The van der Waals surface area contributed by atoms with E-state index in [4.69, 9.17) is 23.2 Å². The van der Waals surface area contributed by atoms with Crippen molar-refractivity contribution >= 4 is 29.5 Å². The van der Waals surface area contributed by atoms with E-state index in [-0.39, 0.29) is 17.8 Å². The van der Waals surface area contributed by atoms with Crippen LogP contribution in [0.1, 0.15) is 79.0 Å². The highest BCUT2D eigenvalue weighted by atomic mass is 35.5. The standard InChI is InChI=1S/C31H34Cl2FNO2/c1-6-7-25(15-21(4)27-16-23(33)10-13-29(27)31(5,37)18-36)35-30(26-12-9-22(32)14-20(26)3)28-17-24(34)11-8-19(28)2/h7-14,16-18,21,30,35,37H,6,15H2,1-5H3/b25-7+. The average molecular weight is 543 g/mol. The first kappa shape index (κ1) is 28.9. The Morgan fingerprint density at radius 2 is 1.68 bits per heavy atom. The molecule has 0 saturated carbocycles. The van der Waals surface area contributed by atoms with Gasteiger partial charge in [-0.15, -0.1) is 0 Å². The van der Waals surface area contributed by atoms with Crippen LogP contribution >= 0.6 is 23.2 Å². The molecule has 0 aliphatic heterocycles. The fraction of sp³-hybridized carbons (Fsp3) is 0.323. The Hall–Kier alpha value is -2.66. The van der Waals surface area contributed by atoms with E-state index in [2.05, 4.69) is 18.3 Å². The molecule has 6 heteroatoms. The number of rotatable bonds is 10. The maximum Gasteiger partial charge on any atom is 0.155 e. The van der Waals surface area contributed by atoms with Gasteiger partial charge in [0.2, 0.25) is 0 Å². The van der Waals surface area contributed by atoms with Crippen LogP contribution in [0.4, 0.5) is 4.39 Å². The Balaban J connectivity index is 2.05. The number of benzene rings is 3. The van der Waals surface area contributed by atoms with Crippen molar-refractivity contribution in [1.29, 1.82) is 0 Å². The maximum absolute atomic E-state index is 14.4. The number of aryl methyl sites for hydroxylation is 2. The molecule has 3 nitrogen and oxygen atoms in total.